The highest BCUT2D eigenvalue weighted by atomic mass is 19.1. The molecule has 1 fully saturated rings. The lowest BCUT2D eigenvalue weighted by Gasteiger charge is -2.31. The summed E-state index contributed by atoms with van der Waals surface area (Å²) in [5.41, 5.74) is 1.23. The SMILES string of the molecule is CN(CC(=O)Nc1ccc2c(c1)OC1(CCCCC1)O2)Cc1ccccc1F. The Hall–Kier alpha value is -2.60. The fraction of sp³-hybridized carbons (Fsp3) is 0.409. The molecule has 2 aromatic rings. The maximum Gasteiger partial charge on any atom is 0.251 e. The van der Waals surface area contributed by atoms with Crippen LogP contribution in [0.5, 0.6) is 11.5 Å². The minimum Gasteiger partial charge on any atom is -0.448 e. The molecule has 1 N–H and O–H groups in total. The van der Waals surface area contributed by atoms with Gasteiger partial charge >= 0.3 is 0 Å². The van der Waals surface area contributed by atoms with Crippen molar-refractivity contribution in [2.24, 2.45) is 0 Å². The zero-order chi connectivity index (χ0) is 19.6. The fourth-order valence-electron chi connectivity index (χ4n) is 3.89. The Labute approximate surface area is 164 Å². The van der Waals surface area contributed by atoms with Gasteiger partial charge in [-0.1, -0.05) is 24.6 Å². The van der Waals surface area contributed by atoms with Crippen LogP contribution in [0.15, 0.2) is 42.5 Å². The Morgan fingerprint density at radius 3 is 2.64 bits per heavy atom. The summed E-state index contributed by atoms with van der Waals surface area (Å²) in [5.74, 6) is 0.464. The van der Waals surface area contributed by atoms with Crippen LogP contribution in [-0.2, 0) is 11.3 Å². The van der Waals surface area contributed by atoms with E-state index in [0.29, 0.717) is 23.5 Å². The predicted octanol–water partition coefficient (Wildman–Crippen LogP) is 4.33. The highest BCUT2D eigenvalue weighted by molar-refractivity contribution is 5.92. The molecule has 1 saturated carbocycles. The molecule has 1 amide bonds. The average Bonchev–Trinajstić information content (AvgIpc) is 3.00. The third-order valence-electron chi connectivity index (χ3n) is 5.25. The first-order valence-electron chi connectivity index (χ1n) is 9.77. The molecular weight excluding hydrogens is 359 g/mol. The number of benzene rings is 2. The summed E-state index contributed by atoms with van der Waals surface area (Å²) in [6.45, 7) is 0.524. The molecule has 148 valence electrons. The van der Waals surface area contributed by atoms with Gasteiger partial charge in [0.15, 0.2) is 11.5 Å². The molecule has 0 atom stereocenters. The summed E-state index contributed by atoms with van der Waals surface area (Å²) in [5, 5.41) is 2.88. The van der Waals surface area contributed by atoms with Crippen molar-refractivity contribution in [3.05, 3.63) is 53.8 Å². The number of hydrogen-bond acceptors (Lipinski definition) is 4. The van der Waals surface area contributed by atoms with Crippen LogP contribution >= 0.6 is 0 Å². The summed E-state index contributed by atoms with van der Waals surface area (Å²) in [6.07, 6.45) is 5.21. The molecule has 0 unspecified atom stereocenters. The number of likely N-dealkylation sites (N-methyl/N-ethyl adjacent to an activating group) is 1. The van der Waals surface area contributed by atoms with Crippen molar-refractivity contribution < 1.29 is 18.7 Å². The van der Waals surface area contributed by atoms with Crippen LogP contribution in [0, 0.1) is 5.82 Å². The summed E-state index contributed by atoms with van der Waals surface area (Å²) >= 11 is 0. The molecule has 28 heavy (non-hydrogen) atoms. The third-order valence-corrected chi connectivity index (χ3v) is 5.25. The van der Waals surface area contributed by atoms with Crippen molar-refractivity contribution in [1.82, 2.24) is 4.90 Å². The molecule has 0 radical (unpaired) electrons. The van der Waals surface area contributed by atoms with Gasteiger partial charge in [-0.15, -0.1) is 0 Å². The van der Waals surface area contributed by atoms with E-state index in [-0.39, 0.29) is 18.3 Å². The summed E-state index contributed by atoms with van der Waals surface area (Å²) in [6, 6.07) is 12.1. The smallest absolute Gasteiger partial charge is 0.251 e. The first-order chi connectivity index (χ1) is 13.5. The van der Waals surface area contributed by atoms with E-state index in [9.17, 15) is 9.18 Å². The summed E-state index contributed by atoms with van der Waals surface area (Å²) in [7, 11) is 1.79. The Bertz CT molecular complexity index is 865. The molecule has 1 spiro atoms. The van der Waals surface area contributed by atoms with E-state index < -0.39 is 5.79 Å². The second kappa shape index (κ2) is 7.80. The molecule has 4 rings (SSSR count). The summed E-state index contributed by atoms with van der Waals surface area (Å²) < 4.78 is 25.9. The molecule has 0 bridgehead atoms. The van der Waals surface area contributed by atoms with Crippen molar-refractivity contribution in [3.63, 3.8) is 0 Å². The van der Waals surface area contributed by atoms with Gasteiger partial charge in [0.1, 0.15) is 5.82 Å². The lowest BCUT2D eigenvalue weighted by molar-refractivity contribution is -0.117. The largest absolute Gasteiger partial charge is 0.448 e. The van der Waals surface area contributed by atoms with Crippen LogP contribution in [0.3, 0.4) is 0 Å². The van der Waals surface area contributed by atoms with E-state index in [1.165, 1.54) is 12.5 Å². The standard InChI is InChI=1S/C22H25FN2O3/c1-25(14-16-7-3-4-8-18(16)23)15-21(26)24-17-9-10-19-20(13-17)28-22(27-19)11-5-2-6-12-22/h3-4,7-10,13H,2,5-6,11-12,14-15H2,1H3,(H,24,26). The van der Waals surface area contributed by atoms with Crippen molar-refractivity contribution >= 4 is 11.6 Å². The molecule has 0 saturated heterocycles. The van der Waals surface area contributed by atoms with E-state index in [0.717, 1.165) is 31.4 Å². The number of amides is 1. The second-order valence-electron chi connectivity index (χ2n) is 7.65. The van der Waals surface area contributed by atoms with Crippen LogP contribution in [0.4, 0.5) is 10.1 Å². The minimum absolute atomic E-state index is 0.159. The Morgan fingerprint density at radius 1 is 1.11 bits per heavy atom. The lowest BCUT2D eigenvalue weighted by Crippen LogP contribution is -2.40. The Morgan fingerprint density at radius 2 is 1.86 bits per heavy atom. The van der Waals surface area contributed by atoms with Gasteiger partial charge in [-0.25, -0.2) is 4.39 Å². The van der Waals surface area contributed by atoms with Gasteiger partial charge in [0.05, 0.1) is 6.54 Å². The molecule has 2 aliphatic rings. The summed E-state index contributed by atoms with van der Waals surface area (Å²) in [4.78, 5) is 14.2. The molecule has 1 aliphatic heterocycles. The first kappa shape index (κ1) is 18.7. The normalized spacial score (nSPS) is 17.1. The number of nitrogens with one attached hydrogen (secondary N) is 1. The maximum atomic E-state index is 13.8. The quantitative estimate of drug-likeness (QED) is 0.834. The van der Waals surface area contributed by atoms with Crippen molar-refractivity contribution in [1.29, 1.82) is 0 Å². The van der Waals surface area contributed by atoms with Gasteiger partial charge in [0, 0.05) is 36.7 Å². The number of nitrogens with zero attached hydrogens (tertiary/aromatic N) is 1. The number of rotatable bonds is 5. The van der Waals surface area contributed by atoms with Gasteiger partial charge in [0.25, 0.3) is 5.79 Å². The number of carbonyl (C=O) groups excluding carboxylic acids is 1. The van der Waals surface area contributed by atoms with E-state index in [4.69, 9.17) is 9.47 Å². The number of carbonyl (C=O) groups is 1. The van der Waals surface area contributed by atoms with Crippen LogP contribution in [-0.4, -0.2) is 30.2 Å². The lowest BCUT2D eigenvalue weighted by atomic mass is 9.94. The third kappa shape index (κ3) is 4.12. The zero-order valence-electron chi connectivity index (χ0n) is 16.0. The highest BCUT2D eigenvalue weighted by Gasteiger charge is 2.42. The maximum absolute atomic E-state index is 13.8. The van der Waals surface area contributed by atoms with Gasteiger partial charge in [-0.2, -0.15) is 0 Å². The molecule has 0 aromatic heterocycles. The fourth-order valence-corrected chi connectivity index (χ4v) is 3.89. The van der Waals surface area contributed by atoms with Crippen molar-refractivity contribution in [2.45, 2.75) is 44.4 Å². The monoisotopic (exact) mass is 384 g/mol. The van der Waals surface area contributed by atoms with Gasteiger partial charge < -0.3 is 14.8 Å². The van der Waals surface area contributed by atoms with E-state index in [2.05, 4.69) is 5.32 Å². The number of ether oxygens (including phenoxy) is 2. The number of anilines is 1. The molecule has 6 heteroatoms. The molecule has 1 heterocycles. The number of halogens is 1. The molecule has 1 aliphatic carbocycles. The molecular formula is C22H25FN2O3. The number of hydrogen-bond donors (Lipinski definition) is 1. The van der Waals surface area contributed by atoms with Gasteiger partial charge in [-0.05, 0) is 38.1 Å². The predicted molar refractivity (Wildman–Crippen MR) is 105 cm³/mol. The minimum atomic E-state index is -0.525. The molecule has 2 aromatic carbocycles. The highest BCUT2D eigenvalue weighted by Crippen LogP contribution is 2.46. The number of fused-ring (bicyclic) bond motifs is 1. The van der Waals surface area contributed by atoms with Gasteiger partial charge in [-0.3, -0.25) is 9.69 Å². The zero-order valence-corrected chi connectivity index (χ0v) is 16.0. The van der Waals surface area contributed by atoms with E-state index in [1.807, 2.05) is 18.2 Å². The van der Waals surface area contributed by atoms with Gasteiger partial charge in [0.2, 0.25) is 5.91 Å². The van der Waals surface area contributed by atoms with E-state index >= 15 is 0 Å². The Kier molecular flexibility index (Phi) is 5.22. The van der Waals surface area contributed by atoms with Crippen LogP contribution in [0.1, 0.15) is 37.7 Å². The van der Waals surface area contributed by atoms with Crippen LogP contribution in [0.25, 0.3) is 0 Å². The first-order valence-corrected chi connectivity index (χ1v) is 9.77. The van der Waals surface area contributed by atoms with Crippen LogP contribution in [0.2, 0.25) is 0 Å². The molecule has 5 nitrogen and oxygen atoms in total. The second-order valence-corrected chi connectivity index (χ2v) is 7.65. The average molecular weight is 384 g/mol. The van der Waals surface area contributed by atoms with Crippen molar-refractivity contribution in [3.8, 4) is 11.5 Å². The van der Waals surface area contributed by atoms with Crippen molar-refractivity contribution in [2.75, 3.05) is 18.9 Å². The van der Waals surface area contributed by atoms with E-state index in [1.54, 1.807) is 30.1 Å². The van der Waals surface area contributed by atoms with Crippen LogP contribution < -0.4 is 14.8 Å². The Balaban J connectivity index is 1.34. The topological polar surface area (TPSA) is 50.8 Å².